The van der Waals surface area contributed by atoms with Crippen molar-refractivity contribution in [2.45, 2.75) is 33.1 Å². The Hall–Kier alpha value is -0.980. The second kappa shape index (κ2) is 4.81. The fourth-order valence-electron chi connectivity index (χ4n) is 1.22. The van der Waals surface area contributed by atoms with E-state index in [4.69, 9.17) is 0 Å². The Labute approximate surface area is 75.3 Å². The fourth-order valence-corrected chi connectivity index (χ4v) is 1.22. The van der Waals surface area contributed by atoms with E-state index in [-0.39, 0.29) is 1.43 Å². The summed E-state index contributed by atoms with van der Waals surface area (Å²) in [5.41, 5.74) is 0. The Morgan fingerprint density at radius 1 is 1.33 bits per heavy atom. The van der Waals surface area contributed by atoms with Crippen molar-refractivity contribution >= 4 is 12.2 Å². The molecule has 1 heteroatoms. The Morgan fingerprint density at radius 3 is 2.67 bits per heavy atom. The van der Waals surface area contributed by atoms with Crippen LogP contribution in [0.1, 0.15) is 34.5 Å². The Balaban J connectivity index is 0.000000324. The molecule has 12 heavy (non-hydrogen) atoms. The summed E-state index contributed by atoms with van der Waals surface area (Å²) in [4.78, 5) is 3.17. The van der Waals surface area contributed by atoms with Crippen LogP contribution in [0.4, 0.5) is 0 Å². The lowest BCUT2D eigenvalue weighted by atomic mass is 10.2. The molecule has 0 aromatic carbocycles. The van der Waals surface area contributed by atoms with Gasteiger partial charge in [0.05, 0.1) is 0 Å². The van der Waals surface area contributed by atoms with Gasteiger partial charge < -0.3 is 4.98 Å². The second-order valence-corrected chi connectivity index (χ2v) is 3.04. The molecule has 0 fully saturated rings. The summed E-state index contributed by atoms with van der Waals surface area (Å²) < 4.78 is 0. The van der Waals surface area contributed by atoms with Gasteiger partial charge in [0.25, 0.3) is 0 Å². The van der Waals surface area contributed by atoms with Gasteiger partial charge in [0.15, 0.2) is 0 Å². The zero-order valence-corrected chi connectivity index (χ0v) is 7.93. The molecular weight excluding hydrogens is 146 g/mol. The average molecular weight is 165 g/mol. The first kappa shape index (κ1) is 9.11. The normalized spacial score (nSPS) is 13.2. The number of hydrogen-bond donors (Lipinski definition) is 1. The van der Waals surface area contributed by atoms with Crippen molar-refractivity contribution in [1.29, 1.82) is 0 Å². The maximum Gasteiger partial charge on any atom is 0.0410 e. The summed E-state index contributed by atoms with van der Waals surface area (Å²) in [6.07, 6.45) is 10.1. The third-order valence-corrected chi connectivity index (χ3v) is 1.69. The molecule has 0 spiro atoms. The average Bonchev–Trinajstić information content (AvgIpc) is 2.52. The standard InChI is InChI=1S/C8H9N.C3H8.H2/c1-2-4-8-7(3-1)5-6-9-8;1-3-2;/h3-6,9H,1-2H2;3H2,1-2H3;1H. The van der Waals surface area contributed by atoms with E-state index >= 15 is 0 Å². The molecule has 0 atom stereocenters. The quantitative estimate of drug-likeness (QED) is 0.605. The van der Waals surface area contributed by atoms with E-state index in [2.05, 4.69) is 37.0 Å². The summed E-state index contributed by atoms with van der Waals surface area (Å²) in [5, 5.41) is 2.66. The van der Waals surface area contributed by atoms with Crippen molar-refractivity contribution < 1.29 is 1.43 Å². The Kier molecular flexibility index (Phi) is 3.65. The molecular formula is C11H19N. The van der Waals surface area contributed by atoms with Gasteiger partial charge in [0, 0.05) is 13.0 Å². The topological polar surface area (TPSA) is 15.8 Å². The molecule has 0 aliphatic heterocycles. The number of hydrogen-bond acceptors (Lipinski definition) is 0. The Bertz CT molecular complexity index is 294. The van der Waals surface area contributed by atoms with Gasteiger partial charge in [-0.05, 0) is 24.1 Å². The molecule has 1 N–H and O–H groups in total. The van der Waals surface area contributed by atoms with Gasteiger partial charge in [-0.3, -0.25) is 0 Å². The Morgan fingerprint density at radius 2 is 2.00 bits per heavy atom. The SMILES string of the molecule is C1=c2cc[nH]c2=CCC1.CCC.[HH]. The predicted molar refractivity (Wildman–Crippen MR) is 56.3 cm³/mol. The lowest BCUT2D eigenvalue weighted by Gasteiger charge is -1.91. The number of aromatic nitrogens is 1. The lowest BCUT2D eigenvalue weighted by molar-refractivity contribution is 1.09. The molecule has 0 saturated carbocycles. The second-order valence-electron chi connectivity index (χ2n) is 3.04. The first-order chi connectivity index (χ1) is 5.88. The van der Waals surface area contributed by atoms with Crippen molar-refractivity contribution in [2.75, 3.05) is 0 Å². The molecule has 68 valence electrons. The third-order valence-electron chi connectivity index (χ3n) is 1.69. The molecule has 0 unspecified atom stereocenters. The summed E-state index contributed by atoms with van der Waals surface area (Å²) in [5.74, 6) is 0. The van der Waals surface area contributed by atoms with Crippen molar-refractivity contribution in [2.24, 2.45) is 0 Å². The third kappa shape index (κ3) is 2.26. The molecule has 1 aromatic heterocycles. The summed E-state index contributed by atoms with van der Waals surface area (Å²) in [6, 6.07) is 2.12. The minimum absolute atomic E-state index is 0. The summed E-state index contributed by atoms with van der Waals surface area (Å²) in [7, 11) is 0. The van der Waals surface area contributed by atoms with E-state index < -0.39 is 0 Å². The van der Waals surface area contributed by atoms with E-state index in [9.17, 15) is 0 Å². The van der Waals surface area contributed by atoms with Crippen LogP contribution in [0.25, 0.3) is 12.2 Å². The fraction of sp³-hybridized carbons (Fsp3) is 0.455. The van der Waals surface area contributed by atoms with Crippen LogP contribution in [0.15, 0.2) is 12.3 Å². The van der Waals surface area contributed by atoms with E-state index in [1.54, 1.807) is 0 Å². The van der Waals surface area contributed by atoms with Crippen LogP contribution in [-0.4, -0.2) is 4.98 Å². The van der Waals surface area contributed by atoms with Crippen molar-refractivity contribution in [3.05, 3.63) is 22.8 Å². The zero-order chi connectivity index (χ0) is 8.81. The van der Waals surface area contributed by atoms with Crippen LogP contribution in [0.5, 0.6) is 0 Å². The molecule has 1 aliphatic rings. The van der Waals surface area contributed by atoms with E-state index in [0.29, 0.717) is 0 Å². The maximum absolute atomic E-state index is 3.17. The summed E-state index contributed by atoms with van der Waals surface area (Å²) >= 11 is 0. The van der Waals surface area contributed by atoms with Crippen LogP contribution < -0.4 is 10.6 Å². The highest BCUT2D eigenvalue weighted by molar-refractivity contribution is 5.35. The van der Waals surface area contributed by atoms with E-state index in [1.807, 2.05) is 6.20 Å². The van der Waals surface area contributed by atoms with Gasteiger partial charge in [-0.25, -0.2) is 0 Å². The lowest BCUT2D eigenvalue weighted by Crippen LogP contribution is -2.23. The van der Waals surface area contributed by atoms with Gasteiger partial charge >= 0.3 is 0 Å². The van der Waals surface area contributed by atoms with Crippen LogP contribution >= 0.6 is 0 Å². The van der Waals surface area contributed by atoms with Crippen LogP contribution in [0.2, 0.25) is 0 Å². The number of aromatic amines is 1. The van der Waals surface area contributed by atoms with Crippen molar-refractivity contribution in [3.63, 3.8) is 0 Å². The monoisotopic (exact) mass is 165 g/mol. The van der Waals surface area contributed by atoms with Gasteiger partial charge in [-0.2, -0.15) is 0 Å². The largest absolute Gasteiger partial charge is 0.361 e. The van der Waals surface area contributed by atoms with Crippen LogP contribution in [-0.2, 0) is 0 Å². The van der Waals surface area contributed by atoms with Crippen LogP contribution in [0, 0.1) is 0 Å². The molecule has 2 rings (SSSR count). The molecule has 1 heterocycles. The zero-order valence-electron chi connectivity index (χ0n) is 7.93. The highest BCUT2D eigenvalue weighted by Crippen LogP contribution is 1.92. The molecule has 1 aliphatic carbocycles. The first-order valence-electron chi connectivity index (χ1n) is 4.72. The number of nitrogens with one attached hydrogen (secondary N) is 1. The smallest absolute Gasteiger partial charge is 0.0410 e. The molecule has 0 amide bonds. The van der Waals surface area contributed by atoms with Gasteiger partial charge in [0.2, 0.25) is 0 Å². The van der Waals surface area contributed by atoms with E-state index in [1.165, 1.54) is 29.8 Å². The van der Waals surface area contributed by atoms with Gasteiger partial charge in [-0.1, -0.05) is 32.4 Å². The summed E-state index contributed by atoms with van der Waals surface area (Å²) in [6.45, 7) is 4.25. The number of H-pyrrole nitrogens is 1. The molecule has 1 aromatic rings. The minimum atomic E-state index is 0. The maximum atomic E-state index is 3.17. The molecule has 0 bridgehead atoms. The molecule has 1 nitrogen and oxygen atoms in total. The van der Waals surface area contributed by atoms with Crippen LogP contribution in [0.3, 0.4) is 0 Å². The highest BCUT2D eigenvalue weighted by Gasteiger charge is 1.90. The number of fused-ring (bicyclic) bond motifs is 1. The number of rotatable bonds is 0. The molecule has 0 saturated heterocycles. The van der Waals surface area contributed by atoms with Gasteiger partial charge in [-0.15, -0.1) is 0 Å². The van der Waals surface area contributed by atoms with Crippen molar-refractivity contribution in [1.82, 2.24) is 4.98 Å². The first-order valence-corrected chi connectivity index (χ1v) is 4.72. The predicted octanol–water partition coefficient (Wildman–Crippen LogP) is 2.03. The van der Waals surface area contributed by atoms with E-state index in [0.717, 1.165) is 0 Å². The van der Waals surface area contributed by atoms with Crippen molar-refractivity contribution in [3.8, 4) is 0 Å². The molecule has 0 radical (unpaired) electrons. The van der Waals surface area contributed by atoms with Gasteiger partial charge in [0.1, 0.15) is 0 Å². The minimum Gasteiger partial charge on any atom is -0.361 e. The highest BCUT2D eigenvalue weighted by atomic mass is 14.6.